The Morgan fingerprint density at radius 2 is 1.94 bits per heavy atom. The van der Waals surface area contributed by atoms with E-state index in [9.17, 15) is 9.90 Å². The number of thiophene rings is 1. The van der Waals surface area contributed by atoms with Crippen molar-refractivity contribution in [2.45, 2.75) is 13.8 Å². The average molecular weight is 247 g/mol. The summed E-state index contributed by atoms with van der Waals surface area (Å²) >= 11 is 1.48. The maximum Gasteiger partial charge on any atom is 0.256 e. The van der Waals surface area contributed by atoms with Gasteiger partial charge in [-0.15, -0.1) is 11.3 Å². The SMILES string of the molecule is Cc1cc(C(=O)Nc2cccs2)cc(C)c1O. The van der Waals surface area contributed by atoms with Crippen LogP contribution in [0, 0.1) is 13.8 Å². The van der Waals surface area contributed by atoms with Gasteiger partial charge in [0.25, 0.3) is 5.91 Å². The molecule has 0 aliphatic rings. The van der Waals surface area contributed by atoms with E-state index in [0.717, 1.165) is 5.00 Å². The Hall–Kier alpha value is -1.81. The minimum absolute atomic E-state index is 0.154. The van der Waals surface area contributed by atoms with Gasteiger partial charge in [-0.3, -0.25) is 4.79 Å². The molecular weight excluding hydrogens is 234 g/mol. The molecule has 4 heteroatoms. The van der Waals surface area contributed by atoms with Crippen molar-refractivity contribution in [3.63, 3.8) is 0 Å². The normalized spacial score (nSPS) is 10.2. The highest BCUT2D eigenvalue weighted by molar-refractivity contribution is 7.14. The van der Waals surface area contributed by atoms with Crippen molar-refractivity contribution >= 4 is 22.2 Å². The summed E-state index contributed by atoms with van der Waals surface area (Å²) in [6.07, 6.45) is 0. The van der Waals surface area contributed by atoms with Crippen molar-refractivity contribution in [1.82, 2.24) is 0 Å². The second-order valence-electron chi connectivity index (χ2n) is 3.89. The number of hydrogen-bond acceptors (Lipinski definition) is 3. The summed E-state index contributed by atoms with van der Waals surface area (Å²) in [4.78, 5) is 11.9. The van der Waals surface area contributed by atoms with Gasteiger partial charge in [-0.2, -0.15) is 0 Å². The molecule has 88 valence electrons. The molecule has 0 atom stereocenters. The Bertz CT molecular complexity index is 524. The van der Waals surface area contributed by atoms with Gasteiger partial charge in [-0.1, -0.05) is 0 Å². The lowest BCUT2D eigenvalue weighted by atomic mass is 10.1. The fraction of sp³-hybridized carbons (Fsp3) is 0.154. The molecule has 0 unspecified atom stereocenters. The summed E-state index contributed by atoms with van der Waals surface area (Å²) in [6.45, 7) is 3.56. The molecule has 2 aromatic rings. The van der Waals surface area contributed by atoms with Gasteiger partial charge in [-0.25, -0.2) is 0 Å². The fourth-order valence-corrected chi connectivity index (χ4v) is 2.23. The Morgan fingerprint density at radius 3 is 2.47 bits per heavy atom. The Balaban J connectivity index is 2.26. The van der Waals surface area contributed by atoms with Gasteiger partial charge in [0.2, 0.25) is 0 Å². The van der Waals surface area contributed by atoms with Gasteiger partial charge in [0.15, 0.2) is 0 Å². The molecule has 0 aliphatic carbocycles. The molecule has 0 spiro atoms. The molecule has 17 heavy (non-hydrogen) atoms. The molecule has 0 bridgehead atoms. The van der Waals surface area contributed by atoms with Crippen LogP contribution >= 0.6 is 11.3 Å². The number of benzene rings is 1. The second-order valence-corrected chi connectivity index (χ2v) is 4.84. The number of hydrogen-bond donors (Lipinski definition) is 2. The number of rotatable bonds is 2. The van der Waals surface area contributed by atoms with Crippen LogP contribution in [0.25, 0.3) is 0 Å². The molecule has 0 saturated carbocycles. The molecular formula is C13H13NO2S. The van der Waals surface area contributed by atoms with Crippen LogP contribution < -0.4 is 5.32 Å². The molecule has 0 saturated heterocycles. The third-order valence-electron chi connectivity index (χ3n) is 2.51. The van der Waals surface area contributed by atoms with Crippen LogP contribution in [0.1, 0.15) is 21.5 Å². The first-order chi connectivity index (χ1) is 8.08. The van der Waals surface area contributed by atoms with Crippen LogP contribution in [-0.2, 0) is 0 Å². The average Bonchev–Trinajstić information content (AvgIpc) is 2.77. The third kappa shape index (κ3) is 2.47. The first kappa shape index (κ1) is 11.7. The van der Waals surface area contributed by atoms with Crippen LogP contribution in [0.15, 0.2) is 29.6 Å². The molecule has 3 nitrogen and oxygen atoms in total. The van der Waals surface area contributed by atoms with E-state index in [1.165, 1.54) is 11.3 Å². The number of carbonyl (C=O) groups excluding carboxylic acids is 1. The summed E-state index contributed by atoms with van der Waals surface area (Å²) in [6, 6.07) is 7.10. The van der Waals surface area contributed by atoms with E-state index in [4.69, 9.17) is 0 Å². The highest BCUT2D eigenvalue weighted by atomic mass is 32.1. The highest BCUT2D eigenvalue weighted by Gasteiger charge is 2.10. The van der Waals surface area contributed by atoms with Crippen LogP contribution in [-0.4, -0.2) is 11.0 Å². The lowest BCUT2D eigenvalue weighted by Gasteiger charge is -2.07. The molecule has 1 aromatic carbocycles. The van der Waals surface area contributed by atoms with Crippen molar-refractivity contribution < 1.29 is 9.90 Å². The van der Waals surface area contributed by atoms with Crippen molar-refractivity contribution in [2.75, 3.05) is 5.32 Å². The molecule has 0 aliphatic heterocycles. The quantitative estimate of drug-likeness (QED) is 0.855. The van der Waals surface area contributed by atoms with Crippen LogP contribution in [0.5, 0.6) is 5.75 Å². The van der Waals surface area contributed by atoms with E-state index < -0.39 is 0 Å². The predicted octanol–water partition coefficient (Wildman–Crippen LogP) is 3.32. The van der Waals surface area contributed by atoms with E-state index in [-0.39, 0.29) is 11.7 Å². The maximum atomic E-state index is 11.9. The second kappa shape index (κ2) is 4.59. The Morgan fingerprint density at radius 1 is 1.29 bits per heavy atom. The van der Waals surface area contributed by atoms with Gasteiger partial charge in [0, 0.05) is 5.56 Å². The lowest BCUT2D eigenvalue weighted by Crippen LogP contribution is -2.11. The smallest absolute Gasteiger partial charge is 0.256 e. The number of amides is 1. The van der Waals surface area contributed by atoms with Crippen LogP contribution in [0.2, 0.25) is 0 Å². The summed E-state index contributed by atoms with van der Waals surface area (Å²) in [7, 11) is 0. The predicted molar refractivity (Wildman–Crippen MR) is 69.9 cm³/mol. The first-order valence-corrected chi connectivity index (χ1v) is 6.11. The van der Waals surface area contributed by atoms with Gasteiger partial charge in [0.05, 0.1) is 5.00 Å². The zero-order valence-corrected chi connectivity index (χ0v) is 10.5. The van der Waals surface area contributed by atoms with Crippen molar-refractivity contribution in [3.05, 3.63) is 46.3 Å². The summed E-state index contributed by atoms with van der Waals surface area (Å²) in [5.74, 6) is 0.0938. The van der Waals surface area contributed by atoms with E-state index in [0.29, 0.717) is 16.7 Å². The minimum Gasteiger partial charge on any atom is -0.507 e. The Labute approximate surface area is 104 Å². The molecule has 2 N–H and O–H groups in total. The zero-order chi connectivity index (χ0) is 12.4. The molecule has 1 heterocycles. The van der Waals surface area contributed by atoms with Crippen molar-refractivity contribution in [1.29, 1.82) is 0 Å². The summed E-state index contributed by atoms with van der Waals surface area (Å²) in [5.41, 5.74) is 1.98. The largest absolute Gasteiger partial charge is 0.507 e. The molecule has 1 aromatic heterocycles. The topological polar surface area (TPSA) is 49.3 Å². The number of anilines is 1. The van der Waals surface area contributed by atoms with Gasteiger partial charge >= 0.3 is 0 Å². The fourth-order valence-electron chi connectivity index (χ4n) is 1.62. The Kier molecular flexibility index (Phi) is 3.15. The standard InChI is InChI=1S/C13H13NO2S/c1-8-6-10(7-9(2)12(8)15)13(16)14-11-4-3-5-17-11/h3-7,15H,1-2H3,(H,14,16). The molecule has 2 rings (SSSR count). The monoisotopic (exact) mass is 247 g/mol. The van der Waals surface area contributed by atoms with E-state index in [1.807, 2.05) is 17.5 Å². The number of phenolic OH excluding ortho intramolecular Hbond substituents is 1. The van der Waals surface area contributed by atoms with E-state index in [1.54, 1.807) is 26.0 Å². The maximum absolute atomic E-state index is 11.9. The van der Waals surface area contributed by atoms with Crippen molar-refractivity contribution in [3.8, 4) is 5.75 Å². The van der Waals surface area contributed by atoms with Crippen LogP contribution in [0.3, 0.4) is 0 Å². The van der Waals surface area contributed by atoms with Gasteiger partial charge in [-0.05, 0) is 54.6 Å². The third-order valence-corrected chi connectivity index (χ3v) is 3.30. The van der Waals surface area contributed by atoms with Crippen molar-refractivity contribution in [2.24, 2.45) is 0 Å². The first-order valence-electron chi connectivity index (χ1n) is 5.23. The van der Waals surface area contributed by atoms with Gasteiger partial charge < -0.3 is 10.4 Å². The number of aromatic hydroxyl groups is 1. The minimum atomic E-state index is -0.154. The number of nitrogens with one attached hydrogen (secondary N) is 1. The summed E-state index contributed by atoms with van der Waals surface area (Å²) < 4.78 is 0. The molecule has 0 fully saturated rings. The van der Waals surface area contributed by atoms with E-state index >= 15 is 0 Å². The number of aryl methyl sites for hydroxylation is 2. The van der Waals surface area contributed by atoms with Gasteiger partial charge in [0.1, 0.15) is 5.75 Å². The van der Waals surface area contributed by atoms with E-state index in [2.05, 4.69) is 5.32 Å². The summed E-state index contributed by atoms with van der Waals surface area (Å²) in [5, 5.41) is 15.2. The lowest BCUT2D eigenvalue weighted by molar-refractivity contribution is 0.102. The highest BCUT2D eigenvalue weighted by Crippen LogP contribution is 2.24. The number of carbonyl (C=O) groups is 1. The molecule has 0 radical (unpaired) electrons. The number of phenols is 1. The zero-order valence-electron chi connectivity index (χ0n) is 9.65. The van der Waals surface area contributed by atoms with Crippen LogP contribution in [0.4, 0.5) is 5.00 Å². The molecule has 1 amide bonds.